The number of esters is 3. The van der Waals surface area contributed by atoms with Crippen LogP contribution in [0.2, 0.25) is 10.0 Å². The number of hydrogen-bond acceptors (Lipinski definition) is 8. The molecule has 2 atom stereocenters. The highest BCUT2D eigenvalue weighted by Crippen LogP contribution is 2.38. The zero-order valence-corrected chi connectivity index (χ0v) is 24.1. The fraction of sp³-hybridized carbons (Fsp3) is 0.444. The third kappa shape index (κ3) is 9.57. The average Bonchev–Trinajstić information content (AvgIpc) is 2.83. The van der Waals surface area contributed by atoms with Gasteiger partial charge in [0.2, 0.25) is 0 Å². The number of carbonyl (C=O) groups excluding carboxylic acids is 3. The van der Waals surface area contributed by atoms with Gasteiger partial charge in [0.1, 0.15) is 37.4 Å². The summed E-state index contributed by atoms with van der Waals surface area (Å²) in [6.45, 7) is 7.76. The Labute approximate surface area is 237 Å². The van der Waals surface area contributed by atoms with Crippen molar-refractivity contribution >= 4 is 52.7 Å². The van der Waals surface area contributed by atoms with Gasteiger partial charge < -0.3 is 23.7 Å². The van der Waals surface area contributed by atoms with Crippen molar-refractivity contribution in [3.05, 3.63) is 57.6 Å². The molecule has 0 aliphatic rings. The summed E-state index contributed by atoms with van der Waals surface area (Å²) >= 11 is 18.8. The van der Waals surface area contributed by atoms with Gasteiger partial charge in [-0.15, -0.1) is 11.6 Å². The highest BCUT2D eigenvalue weighted by molar-refractivity contribution is 6.32. The van der Waals surface area contributed by atoms with Crippen molar-refractivity contribution in [2.24, 2.45) is 0 Å². The summed E-state index contributed by atoms with van der Waals surface area (Å²) < 4.78 is 26.6. The van der Waals surface area contributed by atoms with Crippen LogP contribution in [0.4, 0.5) is 0 Å². The maximum atomic E-state index is 11.3. The summed E-state index contributed by atoms with van der Waals surface area (Å²) in [4.78, 5) is 33.6. The Morgan fingerprint density at radius 1 is 0.737 bits per heavy atom. The van der Waals surface area contributed by atoms with Crippen LogP contribution in [0.3, 0.4) is 0 Å². The molecule has 0 unspecified atom stereocenters. The van der Waals surface area contributed by atoms with Crippen molar-refractivity contribution in [3.63, 3.8) is 0 Å². The predicted molar refractivity (Wildman–Crippen MR) is 144 cm³/mol. The molecule has 0 aliphatic heterocycles. The minimum absolute atomic E-state index is 0.0472. The number of benzene rings is 2. The number of carbonyl (C=O) groups is 3. The fourth-order valence-electron chi connectivity index (χ4n) is 3.45. The highest BCUT2D eigenvalue weighted by Gasteiger charge is 2.26. The molecule has 208 valence electrons. The Morgan fingerprint density at radius 2 is 1.18 bits per heavy atom. The molecule has 11 heteroatoms. The summed E-state index contributed by atoms with van der Waals surface area (Å²) in [7, 11) is 0. The standard InChI is InChI=1S/C27H31Cl3O8/c1-16(31)34-14-22(38-18(3)33)15-36-26-9-7-20(11-24(26)30)27(4,5)19-6-8-25(23(29)10-19)35-13-21(12-28)37-17(2)32/h6-11,21-22H,12-15H2,1-5H3/t21-,22+/m0/s1. The van der Waals surface area contributed by atoms with Gasteiger partial charge in [0, 0.05) is 26.2 Å². The highest BCUT2D eigenvalue weighted by atomic mass is 35.5. The summed E-state index contributed by atoms with van der Waals surface area (Å²) in [6, 6.07) is 10.8. The van der Waals surface area contributed by atoms with E-state index in [-0.39, 0.29) is 25.7 Å². The summed E-state index contributed by atoms with van der Waals surface area (Å²) in [5.74, 6) is -0.538. The molecule has 0 fully saturated rings. The first-order valence-electron chi connectivity index (χ1n) is 11.7. The molecule has 2 aromatic carbocycles. The molecule has 0 amide bonds. The van der Waals surface area contributed by atoms with E-state index in [9.17, 15) is 14.4 Å². The van der Waals surface area contributed by atoms with Crippen LogP contribution in [0, 0.1) is 0 Å². The summed E-state index contributed by atoms with van der Waals surface area (Å²) in [5.41, 5.74) is 1.31. The zero-order chi connectivity index (χ0) is 28.5. The molecule has 2 aromatic rings. The van der Waals surface area contributed by atoms with Gasteiger partial charge in [-0.2, -0.15) is 0 Å². The quantitative estimate of drug-likeness (QED) is 0.166. The minimum atomic E-state index is -0.778. The van der Waals surface area contributed by atoms with Gasteiger partial charge in [-0.05, 0) is 35.4 Å². The van der Waals surface area contributed by atoms with Gasteiger partial charge in [0.05, 0.1) is 15.9 Å². The lowest BCUT2D eigenvalue weighted by atomic mass is 9.78. The van der Waals surface area contributed by atoms with E-state index in [4.69, 9.17) is 58.5 Å². The molecule has 0 saturated carbocycles. The van der Waals surface area contributed by atoms with Gasteiger partial charge in [0.25, 0.3) is 0 Å². The van der Waals surface area contributed by atoms with Crippen molar-refractivity contribution in [2.75, 3.05) is 25.7 Å². The fourth-order valence-corrected chi connectivity index (χ4v) is 4.07. The minimum Gasteiger partial charge on any atom is -0.488 e. The molecule has 8 nitrogen and oxygen atoms in total. The van der Waals surface area contributed by atoms with Crippen molar-refractivity contribution in [1.29, 1.82) is 0 Å². The Hall–Kier alpha value is -2.68. The van der Waals surface area contributed by atoms with Gasteiger partial charge in [-0.1, -0.05) is 49.2 Å². The van der Waals surface area contributed by atoms with Crippen LogP contribution in [0.5, 0.6) is 11.5 Å². The first-order chi connectivity index (χ1) is 17.8. The van der Waals surface area contributed by atoms with Gasteiger partial charge in [0.15, 0.2) is 6.10 Å². The van der Waals surface area contributed by atoms with E-state index in [2.05, 4.69) is 0 Å². The van der Waals surface area contributed by atoms with Crippen molar-refractivity contribution < 1.29 is 38.1 Å². The molecule has 0 radical (unpaired) electrons. The van der Waals surface area contributed by atoms with E-state index in [1.807, 2.05) is 26.0 Å². The molecule has 0 aliphatic carbocycles. The molecule has 0 spiro atoms. The molecule has 38 heavy (non-hydrogen) atoms. The van der Waals surface area contributed by atoms with E-state index in [1.54, 1.807) is 24.3 Å². The van der Waals surface area contributed by atoms with Crippen LogP contribution in [0.15, 0.2) is 36.4 Å². The SMILES string of the molecule is CC(=O)OC[C@H](COc1ccc(C(C)(C)c2ccc(OC[C@H](CCl)OC(C)=O)c(Cl)c2)cc1Cl)OC(C)=O. The molecule has 0 heterocycles. The lowest BCUT2D eigenvalue weighted by Gasteiger charge is -2.27. The number of halogens is 3. The maximum absolute atomic E-state index is 11.3. The topological polar surface area (TPSA) is 97.4 Å². The van der Waals surface area contributed by atoms with E-state index in [0.717, 1.165) is 11.1 Å². The molecule has 0 bridgehead atoms. The Morgan fingerprint density at radius 3 is 1.58 bits per heavy atom. The predicted octanol–water partition coefficient (Wildman–Crippen LogP) is 5.74. The molecular weight excluding hydrogens is 559 g/mol. The zero-order valence-electron chi connectivity index (χ0n) is 21.8. The third-order valence-electron chi connectivity index (χ3n) is 5.47. The lowest BCUT2D eigenvalue weighted by Crippen LogP contribution is -2.30. The van der Waals surface area contributed by atoms with Crippen LogP contribution in [-0.2, 0) is 34.0 Å². The van der Waals surface area contributed by atoms with Crippen LogP contribution in [0.1, 0.15) is 45.7 Å². The van der Waals surface area contributed by atoms with E-state index < -0.39 is 35.5 Å². The summed E-state index contributed by atoms with van der Waals surface area (Å²) in [6.07, 6.45) is -1.37. The van der Waals surface area contributed by atoms with Crippen molar-refractivity contribution in [3.8, 4) is 11.5 Å². The number of ether oxygens (including phenoxy) is 5. The van der Waals surface area contributed by atoms with Crippen LogP contribution in [0.25, 0.3) is 0 Å². The van der Waals surface area contributed by atoms with Crippen LogP contribution in [-0.4, -0.2) is 55.8 Å². The molecule has 0 saturated heterocycles. The normalized spacial score (nSPS) is 12.7. The summed E-state index contributed by atoms with van der Waals surface area (Å²) in [5, 5.41) is 0.746. The van der Waals surface area contributed by atoms with Crippen LogP contribution < -0.4 is 9.47 Å². The number of hydrogen-bond donors (Lipinski definition) is 0. The smallest absolute Gasteiger partial charge is 0.303 e. The average molecular weight is 590 g/mol. The lowest BCUT2D eigenvalue weighted by molar-refractivity contribution is -0.158. The Kier molecular flexibility index (Phi) is 12.0. The number of alkyl halides is 1. The van der Waals surface area contributed by atoms with Crippen molar-refractivity contribution in [2.45, 2.75) is 52.2 Å². The van der Waals surface area contributed by atoms with Crippen LogP contribution >= 0.6 is 34.8 Å². The van der Waals surface area contributed by atoms with Crippen molar-refractivity contribution in [1.82, 2.24) is 0 Å². The third-order valence-corrected chi connectivity index (χ3v) is 6.40. The Bertz CT molecular complexity index is 1140. The second kappa shape index (κ2) is 14.5. The van der Waals surface area contributed by atoms with E-state index in [0.29, 0.717) is 21.5 Å². The largest absolute Gasteiger partial charge is 0.488 e. The second-order valence-electron chi connectivity index (χ2n) is 8.96. The monoisotopic (exact) mass is 588 g/mol. The van der Waals surface area contributed by atoms with Gasteiger partial charge >= 0.3 is 17.9 Å². The van der Waals surface area contributed by atoms with E-state index >= 15 is 0 Å². The van der Waals surface area contributed by atoms with Gasteiger partial charge in [-0.3, -0.25) is 14.4 Å². The first kappa shape index (κ1) is 31.5. The molecule has 2 rings (SSSR count). The molecule has 0 N–H and O–H groups in total. The second-order valence-corrected chi connectivity index (χ2v) is 10.1. The number of rotatable bonds is 13. The molecular formula is C27H31Cl3O8. The van der Waals surface area contributed by atoms with Gasteiger partial charge in [-0.25, -0.2) is 0 Å². The first-order valence-corrected chi connectivity index (χ1v) is 13.0. The maximum Gasteiger partial charge on any atom is 0.303 e. The molecule has 0 aromatic heterocycles. The van der Waals surface area contributed by atoms with E-state index in [1.165, 1.54) is 20.8 Å². The Balaban J connectivity index is 2.13.